The van der Waals surface area contributed by atoms with E-state index in [2.05, 4.69) is 55.9 Å². The van der Waals surface area contributed by atoms with E-state index in [4.69, 9.17) is 4.98 Å². The van der Waals surface area contributed by atoms with Gasteiger partial charge >= 0.3 is 0 Å². The van der Waals surface area contributed by atoms with Crippen molar-refractivity contribution in [2.24, 2.45) is 0 Å². The molecule has 1 saturated heterocycles. The lowest BCUT2D eigenvalue weighted by molar-refractivity contribution is -0.122. The first-order chi connectivity index (χ1) is 29.6. The first-order valence-corrected chi connectivity index (χ1v) is 22.2. The number of unbranched alkanes of at least 4 members (excludes halogenated alkanes) is 3. The minimum Gasteiger partial charge on any atom is -0.368 e. The highest BCUT2D eigenvalue weighted by Gasteiger charge is 2.41. The Bertz CT molecular complexity index is 2360. The summed E-state index contributed by atoms with van der Waals surface area (Å²) in [6.07, 6.45) is 12.8. The Morgan fingerprint density at radius 1 is 0.869 bits per heavy atom. The van der Waals surface area contributed by atoms with Crippen LogP contribution in [0, 0.1) is 13.8 Å². The third kappa shape index (κ3) is 9.83. The summed E-state index contributed by atoms with van der Waals surface area (Å²) in [6, 6.07) is 12.8. The fraction of sp³-hybridized carbons (Fsp3) is 0.455. The van der Waals surface area contributed by atoms with Gasteiger partial charge in [0.2, 0.25) is 17.8 Å². The van der Waals surface area contributed by atoms with Crippen molar-refractivity contribution in [2.45, 2.75) is 83.6 Å². The molecule has 4 amide bonds. The Labute approximate surface area is 359 Å². The quantitative estimate of drug-likeness (QED) is 0.0763. The number of fused-ring (bicyclic) bond motifs is 4. The number of carbonyl (C=O) groups is 4. The highest BCUT2D eigenvalue weighted by molar-refractivity contribution is 7.15. The maximum absolute atomic E-state index is 12.9. The van der Waals surface area contributed by atoms with Crippen molar-refractivity contribution >= 4 is 74.3 Å². The van der Waals surface area contributed by atoms with Crippen LogP contribution < -0.4 is 31.5 Å². The summed E-state index contributed by atoms with van der Waals surface area (Å²) in [5.74, 6) is 0.584. The van der Waals surface area contributed by atoms with E-state index in [-0.39, 0.29) is 29.2 Å². The van der Waals surface area contributed by atoms with Crippen LogP contribution in [0.4, 0.5) is 28.3 Å². The number of rotatable bonds is 15. The average molecular weight is 847 g/mol. The first-order valence-electron chi connectivity index (χ1n) is 21.4. The van der Waals surface area contributed by atoms with Crippen molar-refractivity contribution in [3.05, 3.63) is 76.7 Å². The maximum Gasteiger partial charge on any atom is 0.268 e. The summed E-state index contributed by atoms with van der Waals surface area (Å²) in [4.78, 5) is 75.1. The van der Waals surface area contributed by atoms with Crippen LogP contribution in [0.3, 0.4) is 0 Å². The summed E-state index contributed by atoms with van der Waals surface area (Å²) < 4.78 is 2.17. The number of carbonyl (C=O) groups excluding carboxylic acids is 4. The third-order valence-electron chi connectivity index (χ3n) is 12.1. The molecule has 16 nitrogen and oxygen atoms in total. The highest BCUT2D eigenvalue weighted by Crippen LogP contribution is 2.40. The van der Waals surface area contributed by atoms with Crippen molar-refractivity contribution < 1.29 is 19.2 Å². The summed E-state index contributed by atoms with van der Waals surface area (Å²) >= 11 is 1.42. The van der Waals surface area contributed by atoms with Gasteiger partial charge < -0.3 is 30.7 Å². The SMILES string of the molecule is Cc1nc(NC(=O)c2ccccc2NC(=O)CCCCCCNC(=O)CN2CCN(c3ccc(Nc4ncc5cc6n(c5n4)C4(CCCCC4)CNC6=O)nc3)CC2)sc1C. The molecule has 1 saturated carbocycles. The molecule has 5 aromatic rings. The number of hydrogen-bond donors (Lipinski definition) is 5. The molecule has 17 heteroatoms. The number of nitrogens with one attached hydrogen (secondary N) is 5. The van der Waals surface area contributed by atoms with Gasteiger partial charge in [-0.05, 0) is 69.9 Å². The zero-order valence-electron chi connectivity index (χ0n) is 34.9. The summed E-state index contributed by atoms with van der Waals surface area (Å²) in [5.41, 5.74) is 4.05. The number of pyridine rings is 1. The predicted molar refractivity (Wildman–Crippen MR) is 238 cm³/mol. The number of hydrogen-bond acceptors (Lipinski definition) is 12. The minimum atomic E-state index is -0.314. The van der Waals surface area contributed by atoms with Crippen molar-refractivity contribution in [3.63, 3.8) is 0 Å². The standard InChI is InChI=1S/C44H54N12O4S/c1-29-30(2)61-43(49-29)53-40(59)33-12-7-8-13-34(33)50-37(57)14-6-3-4-11-19-45-38(58)27-54-20-22-55(23-21-54)32-15-16-36(46-26-32)51-42-47-25-31-24-35-41(60)48-28-44(17-9-5-10-18-44)56(35)39(31)52-42/h7-8,12-13,15-16,24-26H,3-6,9-11,14,17-23,27-28H2,1-2H3,(H,45,58)(H,48,60)(H,50,57)(H,49,53,59)(H,46,47,51,52). The van der Waals surface area contributed by atoms with Crippen LogP contribution in [0.25, 0.3) is 11.0 Å². The first kappa shape index (κ1) is 41.8. The van der Waals surface area contributed by atoms with E-state index in [1.165, 1.54) is 17.8 Å². The molecule has 8 rings (SSSR count). The van der Waals surface area contributed by atoms with Crippen LogP contribution in [0.5, 0.6) is 0 Å². The van der Waals surface area contributed by atoms with Gasteiger partial charge in [0.05, 0.1) is 40.9 Å². The van der Waals surface area contributed by atoms with Crippen molar-refractivity contribution in [1.82, 2.24) is 40.0 Å². The van der Waals surface area contributed by atoms with Gasteiger partial charge in [0.15, 0.2) is 5.13 Å². The van der Waals surface area contributed by atoms with Crippen molar-refractivity contribution in [3.8, 4) is 0 Å². The zero-order valence-corrected chi connectivity index (χ0v) is 35.7. The number of amides is 4. The number of aromatic nitrogens is 5. The lowest BCUT2D eigenvalue weighted by atomic mass is 9.80. The lowest BCUT2D eigenvalue weighted by Gasteiger charge is -2.42. The van der Waals surface area contributed by atoms with Crippen LogP contribution in [-0.2, 0) is 15.1 Å². The molecule has 0 radical (unpaired) electrons. The van der Waals surface area contributed by atoms with E-state index in [1.54, 1.807) is 30.5 Å². The van der Waals surface area contributed by atoms with E-state index in [0.717, 1.165) is 98.4 Å². The maximum atomic E-state index is 12.9. The van der Waals surface area contributed by atoms with Gasteiger partial charge in [-0.2, -0.15) is 4.98 Å². The fourth-order valence-corrected chi connectivity index (χ4v) is 9.40. The van der Waals surface area contributed by atoms with Gasteiger partial charge in [-0.1, -0.05) is 44.2 Å². The van der Waals surface area contributed by atoms with E-state index < -0.39 is 0 Å². The Morgan fingerprint density at radius 3 is 2.44 bits per heavy atom. The van der Waals surface area contributed by atoms with Crippen LogP contribution in [-0.4, -0.2) is 98.8 Å². The second-order valence-corrected chi connectivity index (χ2v) is 17.5. The third-order valence-corrected chi connectivity index (χ3v) is 13.0. The minimum absolute atomic E-state index is 0.0194. The van der Waals surface area contributed by atoms with Gasteiger partial charge in [0.25, 0.3) is 11.8 Å². The molecule has 1 aromatic carbocycles. The Morgan fingerprint density at radius 2 is 1.67 bits per heavy atom. The van der Waals surface area contributed by atoms with Crippen LogP contribution in [0.2, 0.25) is 0 Å². The topological polar surface area (TPSA) is 191 Å². The second-order valence-electron chi connectivity index (χ2n) is 16.3. The summed E-state index contributed by atoms with van der Waals surface area (Å²) in [5, 5.41) is 16.5. The molecule has 6 heterocycles. The van der Waals surface area contributed by atoms with Crippen LogP contribution in [0.1, 0.15) is 95.6 Å². The van der Waals surface area contributed by atoms with E-state index in [1.807, 2.05) is 38.2 Å². The molecular weight excluding hydrogens is 793 g/mol. The Hall–Kier alpha value is -5.94. The molecule has 1 aliphatic carbocycles. The van der Waals surface area contributed by atoms with Gasteiger partial charge in [-0.25, -0.2) is 15.0 Å². The molecule has 0 unspecified atom stereocenters. The number of benzene rings is 1. The summed E-state index contributed by atoms with van der Waals surface area (Å²) in [7, 11) is 0. The van der Waals surface area contributed by atoms with Crippen LogP contribution >= 0.6 is 11.3 Å². The van der Waals surface area contributed by atoms with Crippen LogP contribution in [0.15, 0.2) is 54.9 Å². The molecular formula is C44H54N12O4S. The van der Waals surface area contributed by atoms with Gasteiger partial charge in [0, 0.05) is 62.1 Å². The van der Waals surface area contributed by atoms with E-state index in [9.17, 15) is 19.2 Å². The van der Waals surface area contributed by atoms with Gasteiger partial charge in [0.1, 0.15) is 17.2 Å². The number of aryl methyl sites for hydroxylation is 2. The summed E-state index contributed by atoms with van der Waals surface area (Å²) in [6.45, 7) is 8.56. The van der Waals surface area contributed by atoms with Gasteiger partial charge in [-0.3, -0.25) is 29.4 Å². The van der Waals surface area contributed by atoms with Gasteiger partial charge in [-0.15, -0.1) is 11.3 Å². The molecule has 61 heavy (non-hydrogen) atoms. The molecule has 2 fully saturated rings. The molecule has 1 spiro atoms. The zero-order chi connectivity index (χ0) is 42.3. The smallest absolute Gasteiger partial charge is 0.268 e. The monoisotopic (exact) mass is 846 g/mol. The molecule has 0 bridgehead atoms. The van der Waals surface area contributed by atoms with E-state index >= 15 is 0 Å². The highest BCUT2D eigenvalue weighted by atomic mass is 32.1. The number of para-hydroxylation sites is 1. The molecule has 2 aliphatic heterocycles. The van der Waals surface area contributed by atoms with Crippen molar-refractivity contribution in [2.75, 3.05) is 66.7 Å². The molecule has 5 N–H and O–H groups in total. The number of nitrogens with zero attached hydrogens (tertiary/aromatic N) is 7. The predicted octanol–water partition coefficient (Wildman–Crippen LogP) is 6.13. The fourth-order valence-electron chi connectivity index (χ4n) is 8.59. The Balaban J connectivity index is 0.716. The van der Waals surface area contributed by atoms with Crippen molar-refractivity contribution in [1.29, 1.82) is 0 Å². The van der Waals surface area contributed by atoms with E-state index in [0.29, 0.717) is 66.3 Å². The lowest BCUT2D eigenvalue weighted by Crippen LogP contribution is -2.52. The number of anilines is 5. The second kappa shape index (κ2) is 18.8. The Kier molecular flexibility index (Phi) is 12.9. The number of piperazine rings is 1. The molecule has 4 aromatic heterocycles. The molecule has 3 aliphatic rings. The molecule has 0 atom stereocenters. The normalized spacial score (nSPS) is 16.2. The number of thiazole rings is 1. The largest absolute Gasteiger partial charge is 0.368 e. The molecule has 320 valence electrons. The average Bonchev–Trinajstić information content (AvgIpc) is 3.81.